The molecule has 0 amide bonds. The Morgan fingerprint density at radius 3 is 1.48 bits per heavy atom. The van der Waals surface area contributed by atoms with Crippen LogP contribution in [0.2, 0.25) is 0 Å². The average Bonchev–Trinajstić information content (AvgIpc) is 2.94. The second-order valence-corrected chi connectivity index (χ2v) is 5.54. The molecule has 0 heterocycles. The molecule has 21 heavy (non-hydrogen) atoms. The van der Waals surface area contributed by atoms with Crippen molar-refractivity contribution in [3.63, 3.8) is 0 Å². The molecule has 0 heteroatoms. The average molecular weight is 264 g/mol. The molecule has 96 valence electrons. The second kappa shape index (κ2) is 3.95. The molecule has 4 aromatic carbocycles. The summed E-state index contributed by atoms with van der Waals surface area (Å²) in [5.74, 6) is 0. The Morgan fingerprint density at radius 2 is 0.952 bits per heavy atom. The molecule has 1 aliphatic carbocycles. The summed E-state index contributed by atoms with van der Waals surface area (Å²) in [4.78, 5) is 0. The van der Waals surface area contributed by atoms with E-state index in [-0.39, 0.29) is 0 Å². The summed E-state index contributed by atoms with van der Waals surface area (Å²) < 4.78 is 0. The summed E-state index contributed by atoms with van der Waals surface area (Å²) in [6, 6.07) is 26.0. The highest BCUT2D eigenvalue weighted by Gasteiger charge is 2.22. The number of hydrogen-bond acceptors (Lipinski definition) is 0. The van der Waals surface area contributed by atoms with Gasteiger partial charge in [0.25, 0.3) is 0 Å². The maximum absolute atomic E-state index is 3.66. The number of benzene rings is 4. The highest BCUT2D eigenvalue weighted by Crippen LogP contribution is 2.44. The lowest BCUT2D eigenvalue weighted by Gasteiger charge is -2.05. The van der Waals surface area contributed by atoms with Crippen LogP contribution < -0.4 is 0 Å². The van der Waals surface area contributed by atoms with Crippen LogP contribution in [0.4, 0.5) is 0 Å². The van der Waals surface area contributed by atoms with E-state index in [1.807, 2.05) is 0 Å². The van der Waals surface area contributed by atoms with Crippen LogP contribution in [0.1, 0.15) is 11.1 Å². The van der Waals surface area contributed by atoms with Crippen molar-refractivity contribution in [2.45, 2.75) is 0 Å². The molecule has 5 rings (SSSR count). The van der Waals surface area contributed by atoms with E-state index in [9.17, 15) is 0 Å². The Kier molecular flexibility index (Phi) is 2.09. The van der Waals surface area contributed by atoms with Gasteiger partial charge in [0.05, 0.1) is 6.42 Å². The molecule has 0 nitrogen and oxygen atoms in total. The van der Waals surface area contributed by atoms with Gasteiger partial charge in [-0.25, -0.2) is 0 Å². The fraction of sp³-hybridized carbons (Fsp3) is 0. The number of rotatable bonds is 0. The molecule has 0 aromatic heterocycles. The zero-order chi connectivity index (χ0) is 13.8. The van der Waals surface area contributed by atoms with Crippen LogP contribution in [0.25, 0.3) is 32.7 Å². The Hall–Kier alpha value is -2.60. The molecular weight excluding hydrogens is 252 g/mol. The highest BCUT2D eigenvalue weighted by atomic mass is 14.2. The predicted molar refractivity (Wildman–Crippen MR) is 88.3 cm³/mol. The molecule has 0 N–H and O–H groups in total. The molecule has 2 radical (unpaired) electrons. The van der Waals surface area contributed by atoms with E-state index in [1.165, 1.54) is 43.8 Å². The van der Waals surface area contributed by atoms with Gasteiger partial charge in [0.2, 0.25) is 0 Å². The van der Waals surface area contributed by atoms with Gasteiger partial charge >= 0.3 is 0 Å². The lowest BCUT2D eigenvalue weighted by Crippen LogP contribution is -1.82. The molecule has 0 spiro atoms. The van der Waals surface area contributed by atoms with E-state index in [1.54, 1.807) is 0 Å². The van der Waals surface area contributed by atoms with Gasteiger partial charge < -0.3 is 0 Å². The van der Waals surface area contributed by atoms with Crippen molar-refractivity contribution in [2.75, 3.05) is 0 Å². The van der Waals surface area contributed by atoms with Gasteiger partial charge in [0.15, 0.2) is 0 Å². The Bertz CT molecular complexity index is 926. The second-order valence-electron chi connectivity index (χ2n) is 5.54. The van der Waals surface area contributed by atoms with Crippen LogP contribution in [-0.4, -0.2) is 0 Å². The zero-order valence-electron chi connectivity index (χ0n) is 11.4. The van der Waals surface area contributed by atoms with Crippen LogP contribution >= 0.6 is 0 Å². The fourth-order valence-corrected chi connectivity index (χ4v) is 3.39. The van der Waals surface area contributed by atoms with Crippen molar-refractivity contribution in [1.29, 1.82) is 0 Å². The molecule has 0 aliphatic heterocycles. The van der Waals surface area contributed by atoms with Gasteiger partial charge in [0.1, 0.15) is 0 Å². The summed E-state index contributed by atoms with van der Waals surface area (Å²) in [6.07, 6.45) is 3.66. The van der Waals surface area contributed by atoms with Crippen LogP contribution in [0.15, 0.2) is 72.8 Å². The summed E-state index contributed by atoms with van der Waals surface area (Å²) in [7, 11) is 0. The minimum atomic E-state index is 1.24. The van der Waals surface area contributed by atoms with E-state index in [2.05, 4.69) is 79.2 Å². The molecule has 0 unspecified atom stereocenters. The Labute approximate surface area is 123 Å². The molecule has 4 aromatic rings. The van der Waals surface area contributed by atoms with Crippen LogP contribution in [0.3, 0.4) is 0 Å². The van der Waals surface area contributed by atoms with Gasteiger partial charge in [-0.15, -0.1) is 0 Å². The molecular formula is C21H12. The molecule has 0 fully saturated rings. The molecule has 0 bridgehead atoms. The smallest absolute Gasteiger partial charge is 0.0528 e. The van der Waals surface area contributed by atoms with Gasteiger partial charge in [0, 0.05) is 0 Å². The SMILES string of the molecule is [C]1c2c(ccc3ccccc23)-c2ccc3ccccc3c21. The fourth-order valence-electron chi connectivity index (χ4n) is 3.39. The number of hydrogen-bond donors (Lipinski definition) is 0. The topological polar surface area (TPSA) is 0 Å². The van der Waals surface area contributed by atoms with Crippen molar-refractivity contribution >= 4 is 21.5 Å². The van der Waals surface area contributed by atoms with E-state index >= 15 is 0 Å². The first-order valence-electron chi connectivity index (χ1n) is 7.23. The summed E-state index contributed by atoms with van der Waals surface area (Å²) in [5, 5.41) is 5.13. The third kappa shape index (κ3) is 1.45. The molecule has 1 aliphatic rings. The van der Waals surface area contributed by atoms with Gasteiger partial charge in [-0.1, -0.05) is 72.8 Å². The first-order chi connectivity index (χ1) is 10.4. The zero-order valence-corrected chi connectivity index (χ0v) is 11.4. The highest BCUT2D eigenvalue weighted by molar-refractivity contribution is 6.03. The van der Waals surface area contributed by atoms with E-state index in [0.29, 0.717) is 0 Å². The predicted octanol–water partition coefficient (Wildman–Crippen LogP) is 5.45. The summed E-state index contributed by atoms with van der Waals surface area (Å²) in [5.41, 5.74) is 5.07. The van der Waals surface area contributed by atoms with Gasteiger partial charge in [-0.3, -0.25) is 0 Å². The lowest BCUT2D eigenvalue weighted by molar-refractivity contribution is 1.61. The van der Waals surface area contributed by atoms with Crippen molar-refractivity contribution in [3.05, 3.63) is 90.3 Å². The molecule has 0 saturated heterocycles. The maximum Gasteiger partial charge on any atom is 0.0528 e. The van der Waals surface area contributed by atoms with Crippen LogP contribution in [-0.2, 0) is 0 Å². The molecule has 0 saturated carbocycles. The minimum absolute atomic E-state index is 1.24. The summed E-state index contributed by atoms with van der Waals surface area (Å²) >= 11 is 0. The van der Waals surface area contributed by atoms with E-state index < -0.39 is 0 Å². The van der Waals surface area contributed by atoms with Crippen molar-refractivity contribution < 1.29 is 0 Å². The monoisotopic (exact) mass is 264 g/mol. The van der Waals surface area contributed by atoms with Crippen molar-refractivity contribution in [3.8, 4) is 11.1 Å². The van der Waals surface area contributed by atoms with E-state index in [0.717, 1.165) is 0 Å². The standard InChI is InChI=1S/C21H12/c1-3-7-16-14(5-1)9-11-18-19-12-10-15-6-2-4-8-17(15)21(19)13-20(16)18/h1-12H. The van der Waals surface area contributed by atoms with Crippen LogP contribution in [0, 0.1) is 6.42 Å². The Morgan fingerprint density at radius 1 is 0.476 bits per heavy atom. The van der Waals surface area contributed by atoms with Crippen molar-refractivity contribution in [2.24, 2.45) is 0 Å². The first-order valence-corrected chi connectivity index (χ1v) is 7.23. The van der Waals surface area contributed by atoms with Gasteiger partial charge in [-0.05, 0) is 43.8 Å². The van der Waals surface area contributed by atoms with Crippen LogP contribution in [0.5, 0.6) is 0 Å². The van der Waals surface area contributed by atoms with Gasteiger partial charge in [-0.2, -0.15) is 0 Å². The quantitative estimate of drug-likeness (QED) is 0.349. The third-order valence-electron chi connectivity index (χ3n) is 4.40. The van der Waals surface area contributed by atoms with Crippen molar-refractivity contribution in [1.82, 2.24) is 0 Å². The first kappa shape index (κ1) is 11.1. The third-order valence-corrected chi connectivity index (χ3v) is 4.40. The lowest BCUT2D eigenvalue weighted by atomic mass is 9.99. The maximum atomic E-state index is 3.66. The summed E-state index contributed by atoms with van der Waals surface area (Å²) in [6.45, 7) is 0. The largest absolute Gasteiger partial charge is 0.0616 e. The normalized spacial score (nSPS) is 12.6. The Balaban J connectivity index is 1.89. The minimum Gasteiger partial charge on any atom is -0.0616 e. The molecule has 0 atom stereocenters. The van der Waals surface area contributed by atoms with E-state index in [4.69, 9.17) is 0 Å². The number of fused-ring (bicyclic) bond motifs is 7.